The molecule has 0 radical (unpaired) electrons. The van der Waals surface area contributed by atoms with E-state index in [1.54, 1.807) is 22.7 Å². The summed E-state index contributed by atoms with van der Waals surface area (Å²) in [5.74, 6) is 0.153. The second-order valence-electron chi connectivity index (χ2n) is 5.64. The van der Waals surface area contributed by atoms with E-state index in [-0.39, 0.29) is 16.4 Å². The molecule has 1 N–H and O–H groups in total. The predicted molar refractivity (Wildman–Crippen MR) is 102 cm³/mol. The molecule has 2 aromatic heterocycles. The summed E-state index contributed by atoms with van der Waals surface area (Å²) in [6.07, 6.45) is 2.26. The molecular weight excluding hydrogens is 372 g/mol. The van der Waals surface area contributed by atoms with E-state index in [2.05, 4.69) is 10.3 Å². The van der Waals surface area contributed by atoms with Crippen LogP contribution in [-0.4, -0.2) is 26.8 Å². The highest BCUT2D eigenvalue weighted by Crippen LogP contribution is 2.28. The Morgan fingerprint density at radius 1 is 1.37 bits per heavy atom. The van der Waals surface area contributed by atoms with E-state index < -0.39 is 10.8 Å². The van der Waals surface area contributed by atoms with Gasteiger partial charge >= 0.3 is 0 Å². The van der Waals surface area contributed by atoms with Crippen LogP contribution in [0.3, 0.4) is 0 Å². The number of hydrogen-bond acceptors (Lipinski definition) is 5. The van der Waals surface area contributed by atoms with E-state index in [9.17, 15) is 14.9 Å². The van der Waals surface area contributed by atoms with E-state index in [1.165, 1.54) is 18.2 Å². The first-order valence-electron chi connectivity index (χ1n) is 8.34. The Balaban J connectivity index is 2.02. The third-order valence-corrected chi connectivity index (χ3v) is 4.26. The topological polar surface area (TPSA) is 98.8 Å². The van der Waals surface area contributed by atoms with Crippen molar-refractivity contribution in [2.45, 2.75) is 20.3 Å². The van der Waals surface area contributed by atoms with E-state index in [1.807, 2.05) is 13.8 Å². The first-order chi connectivity index (χ1) is 13.0. The number of carbonyl (C=O) groups is 1. The Bertz CT molecular complexity index is 1030. The van der Waals surface area contributed by atoms with Crippen molar-refractivity contribution in [2.24, 2.45) is 0 Å². The van der Waals surface area contributed by atoms with Gasteiger partial charge in [-0.05, 0) is 37.6 Å². The lowest BCUT2D eigenvalue weighted by atomic mass is 10.2. The van der Waals surface area contributed by atoms with Gasteiger partial charge in [-0.2, -0.15) is 0 Å². The van der Waals surface area contributed by atoms with Crippen molar-refractivity contribution >= 4 is 34.5 Å². The highest BCUT2D eigenvalue weighted by Gasteiger charge is 2.21. The van der Waals surface area contributed by atoms with E-state index >= 15 is 0 Å². The van der Waals surface area contributed by atoms with Crippen LogP contribution in [0.1, 0.15) is 30.0 Å². The maximum atomic E-state index is 12.9. The fourth-order valence-corrected chi connectivity index (χ4v) is 2.95. The van der Waals surface area contributed by atoms with Crippen LogP contribution in [0.4, 0.5) is 11.4 Å². The number of halogens is 1. The average Bonchev–Trinajstić information content (AvgIpc) is 3.03. The number of fused-ring (bicyclic) bond motifs is 1. The number of ether oxygens (including phenoxy) is 1. The zero-order valence-electron chi connectivity index (χ0n) is 14.7. The summed E-state index contributed by atoms with van der Waals surface area (Å²) >= 11 is 5.82. The highest BCUT2D eigenvalue weighted by molar-refractivity contribution is 6.32. The molecule has 3 aromatic rings. The number of aryl methyl sites for hydroxylation is 1. The summed E-state index contributed by atoms with van der Waals surface area (Å²) < 4.78 is 7.24. The summed E-state index contributed by atoms with van der Waals surface area (Å²) in [7, 11) is 0. The van der Waals surface area contributed by atoms with Crippen LogP contribution >= 0.6 is 11.6 Å². The highest BCUT2D eigenvalue weighted by atomic mass is 35.5. The number of nitro benzene ring substituents is 1. The lowest BCUT2D eigenvalue weighted by Crippen LogP contribution is -2.16. The SMILES string of the molecule is CCOc1cccn2c(C(=O)Nc3ccc(Cl)c([N+](=O)[O-])c3)c(CC)nc12. The number of pyridine rings is 1. The van der Waals surface area contributed by atoms with Gasteiger partial charge in [-0.1, -0.05) is 18.5 Å². The maximum Gasteiger partial charge on any atom is 0.289 e. The summed E-state index contributed by atoms with van der Waals surface area (Å²) in [6.45, 7) is 4.24. The molecule has 2 heterocycles. The van der Waals surface area contributed by atoms with Crippen LogP contribution in [0.15, 0.2) is 36.5 Å². The van der Waals surface area contributed by atoms with Gasteiger partial charge in [0.25, 0.3) is 11.6 Å². The monoisotopic (exact) mass is 388 g/mol. The van der Waals surface area contributed by atoms with E-state index in [0.717, 1.165) is 0 Å². The number of rotatable bonds is 6. The van der Waals surface area contributed by atoms with Crippen LogP contribution in [0.25, 0.3) is 5.65 Å². The fraction of sp³-hybridized carbons (Fsp3) is 0.222. The van der Waals surface area contributed by atoms with Crippen molar-refractivity contribution < 1.29 is 14.5 Å². The number of nitro groups is 1. The standard InChI is InChI=1S/C18H17ClN4O4/c1-3-13-16(22-9-5-6-15(27-4-2)17(22)21-13)18(24)20-11-7-8-12(19)14(10-11)23(25)26/h5-10H,3-4H2,1-2H3,(H,20,24). The van der Waals surface area contributed by atoms with Crippen molar-refractivity contribution in [3.05, 3.63) is 63.1 Å². The number of imidazole rings is 1. The molecule has 9 heteroatoms. The predicted octanol–water partition coefficient (Wildman–Crippen LogP) is 4.11. The third kappa shape index (κ3) is 3.56. The van der Waals surface area contributed by atoms with Gasteiger partial charge in [0.2, 0.25) is 0 Å². The summed E-state index contributed by atoms with van der Waals surface area (Å²) in [5, 5.41) is 13.7. The van der Waals surface area contributed by atoms with E-state index in [4.69, 9.17) is 16.3 Å². The van der Waals surface area contributed by atoms with Gasteiger partial charge in [0, 0.05) is 18.0 Å². The molecule has 1 aromatic carbocycles. The number of aromatic nitrogens is 2. The number of anilines is 1. The summed E-state index contributed by atoms with van der Waals surface area (Å²) in [5.41, 5.74) is 1.49. The molecule has 0 aliphatic heterocycles. The molecule has 0 saturated heterocycles. The van der Waals surface area contributed by atoms with Gasteiger partial charge in [-0.25, -0.2) is 4.98 Å². The molecule has 3 rings (SSSR count). The second-order valence-corrected chi connectivity index (χ2v) is 6.04. The molecule has 0 bridgehead atoms. The largest absolute Gasteiger partial charge is 0.490 e. The van der Waals surface area contributed by atoms with Gasteiger partial charge < -0.3 is 10.1 Å². The number of carbonyl (C=O) groups excluding carboxylic acids is 1. The Kier molecular flexibility index (Phi) is 5.27. The average molecular weight is 389 g/mol. The molecule has 0 aliphatic carbocycles. The molecule has 0 atom stereocenters. The minimum Gasteiger partial charge on any atom is -0.490 e. The number of amides is 1. The van der Waals surface area contributed by atoms with Crippen molar-refractivity contribution in [2.75, 3.05) is 11.9 Å². The van der Waals surface area contributed by atoms with Crippen molar-refractivity contribution in [3.8, 4) is 5.75 Å². The lowest BCUT2D eigenvalue weighted by molar-refractivity contribution is -0.384. The molecule has 0 unspecified atom stereocenters. The first kappa shape index (κ1) is 18.7. The fourth-order valence-electron chi connectivity index (χ4n) is 2.77. The molecule has 0 aliphatic rings. The Labute approximate surface area is 159 Å². The lowest BCUT2D eigenvalue weighted by Gasteiger charge is -2.08. The van der Waals surface area contributed by atoms with E-state index in [0.29, 0.717) is 35.8 Å². The molecule has 140 valence electrons. The minimum atomic E-state index is -0.599. The molecule has 0 spiro atoms. The molecule has 27 heavy (non-hydrogen) atoms. The third-order valence-electron chi connectivity index (χ3n) is 3.94. The molecule has 1 amide bonds. The quantitative estimate of drug-likeness (QED) is 0.506. The van der Waals surface area contributed by atoms with Crippen molar-refractivity contribution in [1.82, 2.24) is 9.38 Å². The zero-order valence-corrected chi connectivity index (χ0v) is 15.5. The van der Waals surface area contributed by atoms with Crippen LogP contribution in [0, 0.1) is 10.1 Å². The Morgan fingerprint density at radius 3 is 2.81 bits per heavy atom. The number of benzene rings is 1. The van der Waals surface area contributed by atoms with Crippen LogP contribution in [0.5, 0.6) is 5.75 Å². The van der Waals surface area contributed by atoms with Gasteiger partial charge in [0.1, 0.15) is 10.7 Å². The molecule has 8 nitrogen and oxygen atoms in total. The second kappa shape index (κ2) is 7.63. The Morgan fingerprint density at radius 2 is 2.15 bits per heavy atom. The number of hydrogen-bond donors (Lipinski definition) is 1. The number of nitrogens with one attached hydrogen (secondary N) is 1. The maximum absolute atomic E-state index is 12.9. The van der Waals surface area contributed by atoms with Gasteiger partial charge in [0.05, 0.1) is 17.2 Å². The summed E-state index contributed by atoms with van der Waals surface area (Å²) in [4.78, 5) is 27.9. The first-order valence-corrected chi connectivity index (χ1v) is 8.72. The van der Waals surface area contributed by atoms with Crippen molar-refractivity contribution in [3.63, 3.8) is 0 Å². The van der Waals surface area contributed by atoms with Gasteiger partial charge in [-0.3, -0.25) is 19.3 Å². The smallest absolute Gasteiger partial charge is 0.289 e. The van der Waals surface area contributed by atoms with Crippen LogP contribution in [0.2, 0.25) is 5.02 Å². The molecule has 0 fully saturated rings. The summed E-state index contributed by atoms with van der Waals surface area (Å²) in [6, 6.07) is 7.66. The molecular formula is C18H17ClN4O4. The van der Waals surface area contributed by atoms with Gasteiger partial charge in [-0.15, -0.1) is 0 Å². The van der Waals surface area contributed by atoms with Crippen LogP contribution < -0.4 is 10.1 Å². The van der Waals surface area contributed by atoms with Gasteiger partial charge in [0.15, 0.2) is 11.4 Å². The minimum absolute atomic E-state index is 0.00315. The molecule has 0 saturated carbocycles. The zero-order chi connectivity index (χ0) is 19.6. The van der Waals surface area contributed by atoms with Crippen molar-refractivity contribution in [1.29, 1.82) is 0 Å². The number of nitrogens with zero attached hydrogens (tertiary/aromatic N) is 3. The Hall–Kier alpha value is -3.13. The van der Waals surface area contributed by atoms with Crippen LogP contribution in [-0.2, 0) is 6.42 Å². The normalized spacial score (nSPS) is 10.8.